The highest BCUT2D eigenvalue weighted by Crippen LogP contribution is 2.54. The van der Waals surface area contributed by atoms with Crippen LogP contribution >= 0.6 is 11.8 Å². The molecule has 1 spiro atoms. The van der Waals surface area contributed by atoms with E-state index in [2.05, 4.69) is 5.10 Å². The maximum atomic E-state index is 14.6. The molecule has 0 radical (unpaired) electrons. The molecule has 0 bridgehead atoms. The van der Waals surface area contributed by atoms with Gasteiger partial charge in [0, 0.05) is 24.0 Å². The number of nitrogens with two attached hydrogens (primary N) is 1. The predicted molar refractivity (Wildman–Crippen MR) is 109 cm³/mol. The molecule has 1 atom stereocenters. The lowest BCUT2D eigenvalue weighted by atomic mass is 9.98. The van der Waals surface area contributed by atoms with Gasteiger partial charge in [-0.15, -0.1) is 0 Å². The highest BCUT2D eigenvalue weighted by atomic mass is 32.2. The molecule has 2 aromatic rings. The Balaban J connectivity index is 1.81. The quantitative estimate of drug-likeness (QED) is 0.850. The standard InChI is InChI=1S/C21H22FN3O2S/c1-14-8-9-17(22)15(13-14)20-24-25(19(26)7-4-11-23)21(28-20)10-12-27-18-6-3-2-5-16(18)21/h2-3,5-6,8-9,13H,4,7,10-12,23H2,1H3. The van der Waals surface area contributed by atoms with Crippen molar-refractivity contribution in [2.45, 2.75) is 31.1 Å². The van der Waals surface area contributed by atoms with E-state index in [1.807, 2.05) is 31.2 Å². The van der Waals surface area contributed by atoms with Crippen molar-refractivity contribution in [2.24, 2.45) is 10.8 Å². The van der Waals surface area contributed by atoms with E-state index in [9.17, 15) is 9.18 Å². The molecule has 5 nitrogen and oxygen atoms in total. The molecule has 0 saturated heterocycles. The summed E-state index contributed by atoms with van der Waals surface area (Å²) in [4.78, 5) is 12.3. The minimum Gasteiger partial charge on any atom is -0.493 e. The topological polar surface area (TPSA) is 67.9 Å². The summed E-state index contributed by atoms with van der Waals surface area (Å²) in [6.45, 7) is 2.80. The number of hydrazone groups is 1. The number of carbonyl (C=O) groups is 1. The largest absolute Gasteiger partial charge is 0.493 e. The van der Waals surface area contributed by atoms with Gasteiger partial charge in [-0.1, -0.05) is 41.6 Å². The number of hydrogen-bond acceptors (Lipinski definition) is 5. The summed E-state index contributed by atoms with van der Waals surface area (Å²) in [5.41, 5.74) is 7.84. The maximum absolute atomic E-state index is 14.6. The van der Waals surface area contributed by atoms with Crippen LogP contribution in [0.4, 0.5) is 4.39 Å². The summed E-state index contributed by atoms with van der Waals surface area (Å²) in [5, 5.41) is 6.66. The molecule has 1 amide bonds. The summed E-state index contributed by atoms with van der Waals surface area (Å²) in [6.07, 6.45) is 1.45. The Bertz CT molecular complexity index is 949. The van der Waals surface area contributed by atoms with Gasteiger partial charge in [-0.25, -0.2) is 9.40 Å². The molecule has 0 aliphatic carbocycles. The molecule has 0 saturated carbocycles. The number of thioether (sulfide) groups is 1. The zero-order valence-electron chi connectivity index (χ0n) is 15.7. The molecule has 2 aliphatic rings. The number of amides is 1. The smallest absolute Gasteiger partial charge is 0.244 e. The van der Waals surface area contributed by atoms with Gasteiger partial charge < -0.3 is 10.5 Å². The van der Waals surface area contributed by atoms with Crippen molar-refractivity contribution in [2.75, 3.05) is 13.2 Å². The molecule has 0 fully saturated rings. The van der Waals surface area contributed by atoms with Gasteiger partial charge in [0.2, 0.25) is 5.91 Å². The van der Waals surface area contributed by atoms with Crippen molar-refractivity contribution in [3.63, 3.8) is 0 Å². The summed E-state index contributed by atoms with van der Waals surface area (Å²) in [7, 11) is 0. The number of nitrogens with zero attached hydrogens (tertiary/aromatic N) is 2. The lowest BCUT2D eigenvalue weighted by molar-refractivity contribution is -0.135. The number of benzene rings is 2. The second-order valence-electron chi connectivity index (χ2n) is 6.97. The molecule has 0 aromatic heterocycles. The molecular formula is C21H22FN3O2S. The van der Waals surface area contributed by atoms with Gasteiger partial charge in [0.1, 0.15) is 21.5 Å². The first-order valence-electron chi connectivity index (χ1n) is 9.35. The van der Waals surface area contributed by atoms with Crippen molar-refractivity contribution in [3.05, 3.63) is 65.0 Å². The minimum atomic E-state index is -0.730. The third-order valence-electron chi connectivity index (χ3n) is 4.99. The van der Waals surface area contributed by atoms with E-state index in [4.69, 9.17) is 10.5 Å². The van der Waals surface area contributed by atoms with Crippen molar-refractivity contribution in [1.82, 2.24) is 5.01 Å². The van der Waals surface area contributed by atoms with Gasteiger partial charge >= 0.3 is 0 Å². The van der Waals surface area contributed by atoms with E-state index < -0.39 is 4.87 Å². The van der Waals surface area contributed by atoms with Gasteiger partial charge in [0.25, 0.3) is 0 Å². The first kappa shape index (κ1) is 19.0. The summed E-state index contributed by atoms with van der Waals surface area (Å²) in [6, 6.07) is 12.6. The molecule has 7 heteroatoms. The van der Waals surface area contributed by atoms with Gasteiger partial charge in [-0.2, -0.15) is 5.10 Å². The molecule has 2 aromatic carbocycles. The Kier molecular flexibility index (Phi) is 5.12. The molecule has 146 valence electrons. The van der Waals surface area contributed by atoms with E-state index in [1.165, 1.54) is 22.8 Å². The monoisotopic (exact) mass is 399 g/mol. The summed E-state index contributed by atoms with van der Waals surface area (Å²) >= 11 is 1.43. The molecule has 2 aliphatic heterocycles. The Labute approximate surface area is 167 Å². The number of rotatable bonds is 4. The van der Waals surface area contributed by atoms with E-state index in [1.54, 1.807) is 12.1 Å². The van der Waals surface area contributed by atoms with E-state index >= 15 is 0 Å². The van der Waals surface area contributed by atoms with E-state index in [0.29, 0.717) is 43.0 Å². The van der Waals surface area contributed by atoms with E-state index in [0.717, 1.165) is 16.9 Å². The molecule has 28 heavy (non-hydrogen) atoms. The van der Waals surface area contributed by atoms with Crippen LogP contribution in [0.5, 0.6) is 5.75 Å². The second-order valence-corrected chi connectivity index (χ2v) is 8.23. The Morgan fingerprint density at radius 3 is 3.00 bits per heavy atom. The number of fused-ring (bicyclic) bond motifs is 2. The highest BCUT2D eigenvalue weighted by Gasteiger charge is 2.51. The van der Waals surface area contributed by atoms with Crippen molar-refractivity contribution >= 4 is 22.7 Å². The second kappa shape index (κ2) is 7.56. The first-order valence-corrected chi connectivity index (χ1v) is 10.2. The van der Waals surface area contributed by atoms with Crippen LogP contribution < -0.4 is 10.5 Å². The normalized spacial score (nSPS) is 20.7. The van der Waals surface area contributed by atoms with Gasteiger partial charge in [-0.05, 0) is 38.1 Å². The van der Waals surface area contributed by atoms with Crippen molar-refractivity contribution in [1.29, 1.82) is 0 Å². The average molecular weight is 399 g/mol. The van der Waals surface area contributed by atoms with Crippen molar-refractivity contribution < 1.29 is 13.9 Å². The minimum absolute atomic E-state index is 0.113. The van der Waals surface area contributed by atoms with Gasteiger partial charge in [0.15, 0.2) is 0 Å². The number of ether oxygens (including phenoxy) is 1. The Hall–Kier alpha value is -2.38. The number of carbonyl (C=O) groups excluding carboxylic acids is 1. The predicted octanol–water partition coefficient (Wildman–Crippen LogP) is 3.75. The van der Waals surface area contributed by atoms with Crippen LogP contribution in [0.25, 0.3) is 0 Å². The number of aryl methyl sites for hydroxylation is 1. The van der Waals surface area contributed by atoms with E-state index in [-0.39, 0.29) is 11.7 Å². The fourth-order valence-electron chi connectivity index (χ4n) is 3.60. The third kappa shape index (κ3) is 3.18. The van der Waals surface area contributed by atoms with Gasteiger partial charge in [-0.3, -0.25) is 4.79 Å². The molecule has 2 N–H and O–H groups in total. The molecular weight excluding hydrogens is 377 g/mol. The van der Waals surface area contributed by atoms with Crippen LogP contribution in [0.15, 0.2) is 47.6 Å². The Morgan fingerprint density at radius 1 is 1.36 bits per heavy atom. The average Bonchev–Trinajstić information content (AvgIpc) is 3.08. The van der Waals surface area contributed by atoms with Crippen molar-refractivity contribution in [3.8, 4) is 5.75 Å². The number of hydrogen-bond donors (Lipinski definition) is 1. The van der Waals surface area contributed by atoms with Crippen LogP contribution in [-0.4, -0.2) is 29.1 Å². The van der Waals surface area contributed by atoms with Crippen LogP contribution in [0, 0.1) is 12.7 Å². The molecule has 1 unspecified atom stereocenters. The summed E-state index contributed by atoms with van der Waals surface area (Å²) < 4.78 is 20.4. The molecule has 4 rings (SSSR count). The highest BCUT2D eigenvalue weighted by molar-refractivity contribution is 8.15. The van der Waals surface area contributed by atoms with Crippen LogP contribution in [0.3, 0.4) is 0 Å². The number of para-hydroxylation sites is 1. The SMILES string of the molecule is Cc1ccc(F)c(C2=NN(C(=O)CCCN)C3(CCOc4ccccc43)S2)c1. The maximum Gasteiger partial charge on any atom is 0.244 e. The summed E-state index contributed by atoms with van der Waals surface area (Å²) in [5.74, 6) is 0.278. The Morgan fingerprint density at radius 2 is 2.18 bits per heavy atom. The lowest BCUT2D eigenvalue weighted by Crippen LogP contribution is -2.44. The third-order valence-corrected chi connectivity index (χ3v) is 6.42. The zero-order valence-corrected chi connectivity index (χ0v) is 16.5. The van der Waals surface area contributed by atoms with Gasteiger partial charge in [0.05, 0.1) is 6.61 Å². The number of halogens is 1. The van der Waals surface area contributed by atoms with Crippen LogP contribution in [-0.2, 0) is 9.67 Å². The fraction of sp³-hybridized carbons (Fsp3) is 0.333. The fourth-order valence-corrected chi connectivity index (χ4v) is 5.00. The van der Waals surface area contributed by atoms with Crippen LogP contribution in [0.2, 0.25) is 0 Å². The lowest BCUT2D eigenvalue weighted by Gasteiger charge is -2.39. The first-order chi connectivity index (χ1) is 13.5. The van der Waals surface area contributed by atoms with Crippen LogP contribution in [0.1, 0.15) is 36.0 Å². The zero-order chi connectivity index (χ0) is 19.7. The molecule has 2 heterocycles.